The molecule has 0 aromatic heterocycles. The monoisotopic (exact) mass is 311 g/mol. The summed E-state index contributed by atoms with van der Waals surface area (Å²) in [6, 6.07) is 9.20. The second-order valence-electron chi connectivity index (χ2n) is 5.34. The van der Waals surface area contributed by atoms with Crippen LogP contribution in [0.2, 0.25) is 0 Å². The molecule has 1 aliphatic rings. The highest BCUT2D eigenvalue weighted by atomic mass is 32.2. The Morgan fingerprint density at radius 1 is 1.29 bits per heavy atom. The molecule has 0 bridgehead atoms. The van der Waals surface area contributed by atoms with Crippen LogP contribution in [0, 0.1) is 5.92 Å². The van der Waals surface area contributed by atoms with Gasteiger partial charge < -0.3 is 5.32 Å². The summed E-state index contributed by atoms with van der Waals surface area (Å²) in [4.78, 5) is 12.3. The van der Waals surface area contributed by atoms with Gasteiger partial charge in [-0.05, 0) is 25.0 Å². The number of nitrogens with one attached hydrogen (secondary N) is 1. The molecular weight excluding hydrogens is 290 g/mol. The summed E-state index contributed by atoms with van der Waals surface area (Å²) >= 11 is 0. The van der Waals surface area contributed by atoms with Crippen LogP contribution in [0.25, 0.3) is 0 Å². The van der Waals surface area contributed by atoms with Crippen molar-refractivity contribution in [2.75, 3.05) is 32.5 Å². The van der Waals surface area contributed by atoms with Gasteiger partial charge in [0.25, 0.3) is 10.2 Å². The summed E-state index contributed by atoms with van der Waals surface area (Å²) in [5.74, 6) is -0.437. The first-order chi connectivity index (χ1) is 9.91. The second-order valence-corrected chi connectivity index (χ2v) is 7.48. The van der Waals surface area contributed by atoms with Crippen molar-refractivity contribution in [3.8, 4) is 0 Å². The first kappa shape index (κ1) is 15.9. The number of amides is 1. The van der Waals surface area contributed by atoms with Gasteiger partial charge >= 0.3 is 0 Å². The van der Waals surface area contributed by atoms with E-state index in [1.165, 1.54) is 22.7 Å². The van der Waals surface area contributed by atoms with Crippen LogP contribution in [0.3, 0.4) is 0 Å². The highest BCUT2D eigenvalue weighted by Gasteiger charge is 2.33. The van der Waals surface area contributed by atoms with Gasteiger partial charge in [0, 0.05) is 32.9 Å². The van der Waals surface area contributed by atoms with E-state index in [2.05, 4.69) is 5.32 Å². The molecule has 1 aromatic carbocycles. The van der Waals surface area contributed by atoms with Crippen LogP contribution in [-0.4, -0.2) is 50.1 Å². The largest absolute Gasteiger partial charge is 0.326 e. The van der Waals surface area contributed by atoms with Crippen molar-refractivity contribution in [2.24, 2.45) is 5.92 Å². The molecule has 1 amide bonds. The highest BCUT2D eigenvalue weighted by molar-refractivity contribution is 7.86. The molecule has 1 aromatic rings. The fraction of sp³-hybridized carbons (Fsp3) is 0.500. The average molecular weight is 311 g/mol. The van der Waals surface area contributed by atoms with Crippen molar-refractivity contribution in [3.05, 3.63) is 30.3 Å². The second kappa shape index (κ2) is 6.55. The lowest BCUT2D eigenvalue weighted by Gasteiger charge is -2.32. The first-order valence-corrected chi connectivity index (χ1v) is 8.34. The van der Waals surface area contributed by atoms with Crippen molar-refractivity contribution in [3.63, 3.8) is 0 Å². The maximum Gasteiger partial charge on any atom is 0.281 e. The van der Waals surface area contributed by atoms with Gasteiger partial charge in [0.1, 0.15) is 0 Å². The summed E-state index contributed by atoms with van der Waals surface area (Å²) in [7, 11) is -0.447. The zero-order valence-electron chi connectivity index (χ0n) is 12.3. The maximum absolute atomic E-state index is 12.3. The molecule has 1 heterocycles. The average Bonchev–Trinajstić information content (AvgIpc) is 2.48. The zero-order chi connectivity index (χ0) is 15.5. The molecule has 0 unspecified atom stereocenters. The van der Waals surface area contributed by atoms with Crippen LogP contribution >= 0.6 is 0 Å². The summed E-state index contributed by atoms with van der Waals surface area (Å²) in [5, 5.41) is 2.84. The number of carbonyl (C=O) groups is 1. The molecular formula is C14H21N3O3S. The van der Waals surface area contributed by atoms with E-state index in [0.29, 0.717) is 19.4 Å². The van der Waals surface area contributed by atoms with E-state index in [4.69, 9.17) is 0 Å². The number of carbonyl (C=O) groups excluding carboxylic acids is 1. The zero-order valence-corrected chi connectivity index (χ0v) is 13.1. The lowest BCUT2D eigenvalue weighted by Crippen LogP contribution is -2.47. The third-order valence-electron chi connectivity index (χ3n) is 3.58. The summed E-state index contributed by atoms with van der Waals surface area (Å²) in [6.07, 6.45) is 1.40. The molecule has 1 aliphatic heterocycles. The van der Waals surface area contributed by atoms with Gasteiger partial charge in [-0.15, -0.1) is 0 Å². The summed E-state index contributed by atoms with van der Waals surface area (Å²) < 4.78 is 26.8. The highest BCUT2D eigenvalue weighted by Crippen LogP contribution is 2.21. The molecule has 21 heavy (non-hydrogen) atoms. The lowest BCUT2D eigenvalue weighted by molar-refractivity contribution is -0.120. The van der Waals surface area contributed by atoms with Crippen LogP contribution in [-0.2, 0) is 15.0 Å². The standard InChI is InChI=1S/C14H21N3O3S/c1-16(2)21(19,20)17-10-6-7-12(11-17)14(18)15-13-8-4-3-5-9-13/h3-5,8-9,12H,6-7,10-11H2,1-2H3,(H,15,18)/t12-/m0/s1. The molecule has 2 rings (SSSR count). The van der Waals surface area contributed by atoms with E-state index in [-0.39, 0.29) is 18.4 Å². The number of para-hydroxylation sites is 1. The quantitative estimate of drug-likeness (QED) is 0.906. The Hall–Kier alpha value is -1.44. The molecule has 0 radical (unpaired) electrons. The van der Waals surface area contributed by atoms with Crippen molar-refractivity contribution < 1.29 is 13.2 Å². The minimum atomic E-state index is -3.45. The third-order valence-corrected chi connectivity index (χ3v) is 5.49. The molecule has 1 fully saturated rings. The van der Waals surface area contributed by atoms with Crippen LogP contribution in [0.15, 0.2) is 30.3 Å². The van der Waals surface area contributed by atoms with E-state index >= 15 is 0 Å². The van der Waals surface area contributed by atoms with Gasteiger partial charge in [0.05, 0.1) is 5.92 Å². The number of benzene rings is 1. The van der Waals surface area contributed by atoms with Gasteiger partial charge in [-0.2, -0.15) is 17.0 Å². The smallest absolute Gasteiger partial charge is 0.281 e. The Balaban J connectivity index is 2.03. The van der Waals surface area contributed by atoms with E-state index < -0.39 is 10.2 Å². The summed E-state index contributed by atoms with van der Waals surface area (Å²) in [5.41, 5.74) is 0.732. The number of hydrogen-bond acceptors (Lipinski definition) is 3. The number of hydrogen-bond donors (Lipinski definition) is 1. The molecule has 0 saturated carbocycles. The molecule has 1 saturated heterocycles. The van der Waals surface area contributed by atoms with Crippen LogP contribution in [0.1, 0.15) is 12.8 Å². The Morgan fingerprint density at radius 2 is 1.95 bits per heavy atom. The normalized spacial score (nSPS) is 20.4. The molecule has 1 N–H and O–H groups in total. The number of anilines is 1. The fourth-order valence-corrected chi connectivity index (χ4v) is 3.55. The minimum Gasteiger partial charge on any atom is -0.326 e. The Morgan fingerprint density at radius 3 is 2.57 bits per heavy atom. The maximum atomic E-state index is 12.3. The molecule has 0 aliphatic carbocycles. The molecule has 116 valence electrons. The van der Waals surface area contributed by atoms with E-state index in [9.17, 15) is 13.2 Å². The first-order valence-electron chi connectivity index (χ1n) is 6.95. The van der Waals surface area contributed by atoms with E-state index in [1.54, 1.807) is 0 Å². The third kappa shape index (κ3) is 3.81. The van der Waals surface area contributed by atoms with Crippen LogP contribution in [0.4, 0.5) is 5.69 Å². The predicted molar refractivity (Wildman–Crippen MR) is 82.0 cm³/mol. The molecule has 0 spiro atoms. The van der Waals surface area contributed by atoms with Crippen molar-refractivity contribution in [2.45, 2.75) is 12.8 Å². The SMILES string of the molecule is CN(C)S(=O)(=O)N1CCC[C@H](C(=O)Nc2ccccc2)C1. The topological polar surface area (TPSA) is 69.7 Å². The molecule has 7 heteroatoms. The van der Waals surface area contributed by atoms with Gasteiger partial charge in [0.2, 0.25) is 5.91 Å². The number of rotatable bonds is 4. The Bertz CT molecular complexity index is 587. The van der Waals surface area contributed by atoms with Gasteiger partial charge in [-0.25, -0.2) is 0 Å². The van der Waals surface area contributed by atoms with E-state index in [1.807, 2.05) is 30.3 Å². The Labute approximate surface area is 125 Å². The number of piperidine rings is 1. The van der Waals surface area contributed by atoms with Crippen LogP contribution < -0.4 is 5.32 Å². The van der Waals surface area contributed by atoms with Crippen molar-refractivity contribution in [1.82, 2.24) is 8.61 Å². The van der Waals surface area contributed by atoms with E-state index in [0.717, 1.165) is 5.69 Å². The van der Waals surface area contributed by atoms with Crippen LogP contribution in [0.5, 0.6) is 0 Å². The van der Waals surface area contributed by atoms with Gasteiger partial charge in [-0.3, -0.25) is 4.79 Å². The Kier molecular flexibility index (Phi) is 4.97. The lowest BCUT2D eigenvalue weighted by atomic mass is 9.99. The van der Waals surface area contributed by atoms with Gasteiger partial charge in [0.15, 0.2) is 0 Å². The predicted octanol–water partition coefficient (Wildman–Crippen LogP) is 1.14. The molecule has 6 nitrogen and oxygen atoms in total. The minimum absolute atomic E-state index is 0.125. The fourth-order valence-electron chi connectivity index (χ4n) is 2.36. The van der Waals surface area contributed by atoms with Gasteiger partial charge in [-0.1, -0.05) is 18.2 Å². The van der Waals surface area contributed by atoms with Crippen molar-refractivity contribution >= 4 is 21.8 Å². The van der Waals surface area contributed by atoms with Crippen molar-refractivity contribution in [1.29, 1.82) is 0 Å². The summed E-state index contributed by atoms with van der Waals surface area (Å²) in [6.45, 7) is 0.703. The number of nitrogens with zero attached hydrogens (tertiary/aromatic N) is 2. The molecule has 1 atom stereocenters.